The SMILES string of the molecule is COC(=O)[C@H](CC(=O)CC(=O)OC(C)(C)C)NC(=O)OCc1ccccc1. The van der Waals surface area contributed by atoms with Crippen molar-refractivity contribution in [1.29, 1.82) is 0 Å². The van der Waals surface area contributed by atoms with E-state index in [2.05, 4.69) is 10.1 Å². The minimum absolute atomic E-state index is 0.00637. The van der Waals surface area contributed by atoms with Crippen LogP contribution in [0.2, 0.25) is 0 Å². The summed E-state index contributed by atoms with van der Waals surface area (Å²) in [6.45, 7) is 5.04. The Hall–Kier alpha value is -2.90. The highest BCUT2D eigenvalue weighted by molar-refractivity contribution is 5.98. The van der Waals surface area contributed by atoms with Gasteiger partial charge in [-0.05, 0) is 26.3 Å². The lowest BCUT2D eigenvalue weighted by Gasteiger charge is -2.20. The summed E-state index contributed by atoms with van der Waals surface area (Å²) in [7, 11) is 1.13. The van der Waals surface area contributed by atoms with Crippen LogP contribution in [0.25, 0.3) is 0 Å². The summed E-state index contributed by atoms with van der Waals surface area (Å²) >= 11 is 0. The number of ether oxygens (including phenoxy) is 3. The number of methoxy groups -OCH3 is 1. The Bertz CT molecular complexity index is 664. The van der Waals surface area contributed by atoms with E-state index in [0.29, 0.717) is 0 Å². The molecule has 148 valence electrons. The molecule has 8 heteroatoms. The van der Waals surface area contributed by atoms with Crippen molar-refractivity contribution in [3.8, 4) is 0 Å². The highest BCUT2D eigenvalue weighted by Gasteiger charge is 2.27. The van der Waals surface area contributed by atoms with Crippen molar-refractivity contribution < 1.29 is 33.4 Å². The maximum absolute atomic E-state index is 12.0. The van der Waals surface area contributed by atoms with Crippen LogP contribution in [0.1, 0.15) is 39.2 Å². The van der Waals surface area contributed by atoms with Crippen molar-refractivity contribution in [2.24, 2.45) is 0 Å². The molecule has 1 rings (SSSR count). The lowest BCUT2D eigenvalue weighted by molar-refractivity contribution is -0.157. The normalized spacial score (nSPS) is 11.9. The molecule has 0 saturated carbocycles. The van der Waals surface area contributed by atoms with Crippen LogP contribution in [0.5, 0.6) is 0 Å². The quantitative estimate of drug-likeness (QED) is 0.419. The number of hydrogen-bond acceptors (Lipinski definition) is 7. The molecule has 0 aliphatic carbocycles. The predicted octanol–water partition coefficient (Wildman–Crippen LogP) is 2.15. The molecule has 8 nitrogen and oxygen atoms in total. The first-order valence-corrected chi connectivity index (χ1v) is 8.39. The maximum atomic E-state index is 12.0. The summed E-state index contributed by atoms with van der Waals surface area (Å²) in [5, 5.41) is 2.28. The van der Waals surface area contributed by atoms with Gasteiger partial charge in [0.2, 0.25) is 0 Å². The van der Waals surface area contributed by atoms with Gasteiger partial charge < -0.3 is 19.5 Å². The first-order valence-electron chi connectivity index (χ1n) is 8.39. The van der Waals surface area contributed by atoms with E-state index < -0.39 is 48.3 Å². The van der Waals surface area contributed by atoms with Crippen molar-refractivity contribution in [3.63, 3.8) is 0 Å². The fraction of sp³-hybridized carbons (Fsp3) is 0.474. The number of Topliss-reactive ketones (excluding diaryl/α,β-unsaturated/α-hetero) is 1. The number of esters is 2. The highest BCUT2D eigenvalue weighted by atomic mass is 16.6. The van der Waals surface area contributed by atoms with Crippen molar-refractivity contribution in [1.82, 2.24) is 5.32 Å². The zero-order chi connectivity index (χ0) is 20.4. The second kappa shape index (κ2) is 10.3. The molecule has 1 N–H and O–H groups in total. The minimum atomic E-state index is -1.26. The maximum Gasteiger partial charge on any atom is 0.408 e. The molecule has 0 fully saturated rings. The summed E-state index contributed by atoms with van der Waals surface area (Å²) in [4.78, 5) is 47.4. The van der Waals surface area contributed by atoms with Crippen LogP contribution in [0.3, 0.4) is 0 Å². The number of carbonyl (C=O) groups is 4. The number of alkyl carbamates (subject to hydrolysis) is 1. The van der Waals surface area contributed by atoms with Crippen molar-refractivity contribution >= 4 is 23.8 Å². The largest absolute Gasteiger partial charge is 0.467 e. The third kappa shape index (κ3) is 9.39. The molecule has 0 radical (unpaired) electrons. The van der Waals surface area contributed by atoms with Crippen molar-refractivity contribution in [3.05, 3.63) is 35.9 Å². The minimum Gasteiger partial charge on any atom is -0.467 e. The molecule has 0 aliphatic rings. The number of carbonyl (C=O) groups excluding carboxylic acids is 4. The molecule has 0 heterocycles. The molecular formula is C19H25NO7. The van der Waals surface area contributed by atoms with Gasteiger partial charge in [0.15, 0.2) is 0 Å². The first-order chi connectivity index (χ1) is 12.6. The molecule has 1 atom stereocenters. The van der Waals surface area contributed by atoms with Gasteiger partial charge in [-0.15, -0.1) is 0 Å². The van der Waals surface area contributed by atoms with E-state index in [-0.39, 0.29) is 6.61 Å². The first kappa shape index (κ1) is 22.1. The monoisotopic (exact) mass is 379 g/mol. The topological polar surface area (TPSA) is 108 Å². The molecule has 0 unspecified atom stereocenters. The Kier molecular flexibility index (Phi) is 8.44. The second-order valence-corrected chi connectivity index (χ2v) is 6.79. The van der Waals surface area contributed by atoms with Gasteiger partial charge in [0.25, 0.3) is 0 Å². The number of amides is 1. The summed E-state index contributed by atoms with van der Waals surface area (Å²) in [6, 6.07) is 7.71. The van der Waals surface area contributed by atoms with E-state index in [1.54, 1.807) is 45.0 Å². The Morgan fingerprint density at radius 3 is 2.26 bits per heavy atom. The molecule has 1 amide bonds. The van der Waals surface area contributed by atoms with Crippen LogP contribution in [-0.2, 0) is 35.2 Å². The third-order valence-electron chi connectivity index (χ3n) is 3.18. The molecule has 1 aromatic carbocycles. The molecule has 0 aromatic heterocycles. The van der Waals surface area contributed by atoms with Crippen LogP contribution in [0, 0.1) is 0 Å². The molecular weight excluding hydrogens is 354 g/mol. The standard InChI is InChI=1S/C19H25NO7/c1-19(2,3)27-16(22)11-14(21)10-15(17(23)25-4)20-18(24)26-12-13-8-6-5-7-9-13/h5-9,15H,10-12H2,1-4H3,(H,20,24)/t15-/m0/s1. The van der Waals surface area contributed by atoms with Crippen LogP contribution >= 0.6 is 0 Å². The number of hydrogen-bond donors (Lipinski definition) is 1. The molecule has 0 spiro atoms. The van der Waals surface area contributed by atoms with Gasteiger partial charge >= 0.3 is 18.0 Å². The van der Waals surface area contributed by atoms with Gasteiger partial charge in [-0.1, -0.05) is 30.3 Å². The smallest absolute Gasteiger partial charge is 0.408 e. The van der Waals surface area contributed by atoms with Gasteiger partial charge in [-0.25, -0.2) is 9.59 Å². The Labute approximate surface area is 158 Å². The third-order valence-corrected chi connectivity index (χ3v) is 3.18. The van der Waals surface area contributed by atoms with Gasteiger partial charge in [-0.3, -0.25) is 9.59 Å². The highest BCUT2D eigenvalue weighted by Crippen LogP contribution is 2.10. The van der Waals surface area contributed by atoms with Crippen LogP contribution in [0.15, 0.2) is 30.3 Å². The molecule has 0 bridgehead atoms. The van der Waals surface area contributed by atoms with Crippen molar-refractivity contribution in [2.75, 3.05) is 7.11 Å². The summed E-state index contributed by atoms with van der Waals surface area (Å²) in [5.74, 6) is -2.09. The number of rotatable bonds is 8. The van der Waals surface area contributed by atoms with E-state index in [0.717, 1.165) is 12.7 Å². The van der Waals surface area contributed by atoms with E-state index >= 15 is 0 Å². The zero-order valence-electron chi connectivity index (χ0n) is 15.9. The lowest BCUT2D eigenvalue weighted by Crippen LogP contribution is -2.43. The Balaban J connectivity index is 2.57. The van der Waals surface area contributed by atoms with Gasteiger partial charge in [0.1, 0.15) is 30.5 Å². The zero-order valence-corrected chi connectivity index (χ0v) is 15.9. The molecule has 1 aromatic rings. The predicted molar refractivity (Wildman–Crippen MR) is 95.7 cm³/mol. The Morgan fingerprint density at radius 2 is 1.70 bits per heavy atom. The Morgan fingerprint density at radius 1 is 1.07 bits per heavy atom. The fourth-order valence-electron chi connectivity index (χ4n) is 2.08. The van der Waals surface area contributed by atoms with Gasteiger partial charge in [-0.2, -0.15) is 0 Å². The van der Waals surface area contributed by atoms with Crippen molar-refractivity contribution in [2.45, 2.75) is 51.9 Å². The molecule has 0 saturated heterocycles. The van der Waals surface area contributed by atoms with E-state index in [1.807, 2.05) is 6.07 Å². The van der Waals surface area contributed by atoms with Crippen LogP contribution < -0.4 is 5.32 Å². The molecule has 27 heavy (non-hydrogen) atoms. The van der Waals surface area contributed by atoms with E-state index in [9.17, 15) is 19.2 Å². The number of ketones is 1. The number of nitrogens with one attached hydrogen (secondary N) is 1. The number of benzene rings is 1. The average molecular weight is 379 g/mol. The van der Waals surface area contributed by atoms with Gasteiger partial charge in [0.05, 0.1) is 7.11 Å². The summed E-state index contributed by atoms with van der Waals surface area (Å²) in [5.41, 5.74) is 0.0433. The summed E-state index contributed by atoms with van der Waals surface area (Å²) < 4.78 is 14.7. The second-order valence-electron chi connectivity index (χ2n) is 6.79. The lowest BCUT2D eigenvalue weighted by atomic mass is 10.1. The average Bonchev–Trinajstić information content (AvgIpc) is 2.57. The van der Waals surface area contributed by atoms with E-state index in [4.69, 9.17) is 9.47 Å². The van der Waals surface area contributed by atoms with Crippen LogP contribution in [-0.4, -0.2) is 42.6 Å². The van der Waals surface area contributed by atoms with E-state index in [1.165, 1.54) is 0 Å². The van der Waals surface area contributed by atoms with Crippen LogP contribution in [0.4, 0.5) is 4.79 Å². The van der Waals surface area contributed by atoms with Gasteiger partial charge in [0, 0.05) is 6.42 Å². The molecule has 0 aliphatic heterocycles. The summed E-state index contributed by atoms with van der Waals surface area (Å²) in [6.07, 6.45) is -1.79. The fourth-order valence-corrected chi connectivity index (χ4v) is 2.08.